The summed E-state index contributed by atoms with van der Waals surface area (Å²) in [5.74, 6) is -0.0157. The van der Waals surface area contributed by atoms with E-state index in [0.29, 0.717) is 34.4 Å². The van der Waals surface area contributed by atoms with Gasteiger partial charge in [-0.25, -0.2) is 4.98 Å². The van der Waals surface area contributed by atoms with Crippen LogP contribution in [0.2, 0.25) is 5.02 Å². The van der Waals surface area contributed by atoms with Gasteiger partial charge in [-0.15, -0.1) is 0 Å². The van der Waals surface area contributed by atoms with Crippen LogP contribution in [0.4, 0.5) is 0 Å². The zero-order valence-corrected chi connectivity index (χ0v) is 13.7. The number of carbonyl (C=O) groups excluding carboxylic acids is 1. The van der Waals surface area contributed by atoms with Crippen LogP contribution in [0.1, 0.15) is 12.8 Å². The second-order valence-electron chi connectivity index (χ2n) is 4.58. The van der Waals surface area contributed by atoms with Crippen LogP contribution in [-0.2, 0) is 4.79 Å². The zero-order valence-electron chi connectivity index (χ0n) is 12.2. The first-order valence-corrected chi connectivity index (χ1v) is 8.21. The summed E-state index contributed by atoms with van der Waals surface area (Å²) < 4.78 is 5.53. The summed E-state index contributed by atoms with van der Waals surface area (Å²) in [4.78, 5) is 18.0. The Morgan fingerprint density at radius 1 is 1.30 bits per heavy atom. The molecule has 0 aliphatic carbocycles. The van der Waals surface area contributed by atoms with Crippen LogP contribution < -0.4 is 0 Å². The fraction of sp³-hybridized carbons (Fsp3) is 0.333. The Labute approximate surface area is 142 Å². The molecule has 0 aliphatic heterocycles. The van der Waals surface area contributed by atoms with Gasteiger partial charge in [-0.05, 0) is 12.1 Å². The lowest BCUT2D eigenvalue weighted by Crippen LogP contribution is -2.34. The van der Waals surface area contributed by atoms with Crippen LogP contribution in [0.25, 0.3) is 11.1 Å². The van der Waals surface area contributed by atoms with E-state index in [1.807, 2.05) is 12.1 Å². The molecule has 0 saturated carbocycles. The van der Waals surface area contributed by atoms with Crippen molar-refractivity contribution in [2.45, 2.75) is 18.1 Å². The van der Waals surface area contributed by atoms with Crippen molar-refractivity contribution < 1.29 is 9.21 Å². The van der Waals surface area contributed by atoms with Crippen molar-refractivity contribution in [1.29, 1.82) is 10.5 Å². The van der Waals surface area contributed by atoms with E-state index in [-0.39, 0.29) is 24.5 Å². The number of rotatable bonds is 7. The van der Waals surface area contributed by atoms with E-state index in [1.54, 1.807) is 18.2 Å². The number of halogens is 1. The quantitative estimate of drug-likeness (QED) is 0.713. The van der Waals surface area contributed by atoms with Crippen LogP contribution in [-0.4, -0.2) is 34.6 Å². The van der Waals surface area contributed by atoms with E-state index in [9.17, 15) is 4.79 Å². The topological polar surface area (TPSA) is 93.9 Å². The fourth-order valence-electron chi connectivity index (χ4n) is 1.88. The van der Waals surface area contributed by atoms with Crippen molar-refractivity contribution in [3.63, 3.8) is 0 Å². The Balaban J connectivity index is 1.97. The lowest BCUT2D eigenvalue weighted by atomic mass is 10.3. The van der Waals surface area contributed by atoms with Crippen LogP contribution in [0.5, 0.6) is 0 Å². The fourth-order valence-corrected chi connectivity index (χ4v) is 2.79. The Kier molecular flexibility index (Phi) is 6.28. The molecule has 8 heteroatoms. The minimum Gasteiger partial charge on any atom is -0.431 e. The van der Waals surface area contributed by atoms with Crippen molar-refractivity contribution in [3.8, 4) is 12.1 Å². The minimum absolute atomic E-state index is 0.136. The summed E-state index contributed by atoms with van der Waals surface area (Å²) in [6, 6.07) is 9.14. The van der Waals surface area contributed by atoms with Gasteiger partial charge in [-0.2, -0.15) is 10.5 Å². The highest BCUT2D eigenvalue weighted by molar-refractivity contribution is 7.99. The Hall–Kier alpha value is -2.22. The van der Waals surface area contributed by atoms with Crippen molar-refractivity contribution >= 4 is 40.4 Å². The molecule has 23 heavy (non-hydrogen) atoms. The average molecular weight is 349 g/mol. The molecule has 0 unspecified atom stereocenters. The molecule has 0 spiro atoms. The molecule has 0 aliphatic rings. The number of fused-ring (bicyclic) bond motifs is 1. The number of benzene rings is 1. The summed E-state index contributed by atoms with van der Waals surface area (Å²) in [7, 11) is 0. The smallest absolute Gasteiger partial charge is 0.257 e. The first-order valence-electron chi connectivity index (χ1n) is 6.84. The van der Waals surface area contributed by atoms with Gasteiger partial charge in [0.2, 0.25) is 5.91 Å². The highest BCUT2D eigenvalue weighted by Crippen LogP contribution is 2.25. The van der Waals surface area contributed by atoms with E-state index >= 15 is 0 Å². The number of hydrogen-bond donors (Lipinski definition) is 0. The van der Waals surface area contributed by atoms with Crippen molar-refractivity contribution in [2.75, 3.05) is 18.8 Å². The van der Waals surface area contributed by atoms with Crippen molar-refractivity contribution in [1.82, 2.24) is 9.88 Å². The van der Waals surface area contributed by atoms with Gasteiger partial charge in [0.25, 0.3) is 5.22 Å². The molecule has 6 nitrogen and oxygen atoms in total. The number of nitriles is 2. The van der Waals surface area contributed by atoms with Crippen molar-refractivity contribution in [3.05, 3.63) is 23.2 Å². The summed E-state index contributed by atoms with van der Waals surface area (Å²) in [6.07, 6.45) is 0.479. The molecule has 0 N–H and O–H groups in total. The summed E-state index contributed by atoms with van der Waals surface area (Å²) >= 11 is 7.06. The number of hydrogen-bond acceptors (Lipinski definition) is 6. The average Bonchev–Trinajstić information content (AvgIpc) is 2.94. The van der Waals surface area contributed by atoms with Gasteiger partial charge in [-0.3, -0.25) is 4.79 Å². The Morgan fingerprint density at radius 3 is 2.65 bits per heavy atom. The number of thioether (sulfide) groups is 1. The molecule has 0 atom stereocenters. The van der Waals surface area contributed by atoms with Gasteiger partial charge in [0.15, 0.2) is 5.58 Å². The number of carbonyl (C=O) groups is 1. The molecule has 2 rings (SSSR count). The van der Waals surface area contributed by atoms with Crippen LogP contribution >= 0.6 is 23.4 Å². The Morgan fingerprint density at radius 2 is 2.00 bits per heavy atom. The van der Waals surface area contributed by atoms with Crippen LogP contribution in [0.3, 0.4) is 0 Å². The van der Waals surface area contributed by atoms with E-state index in [4.69, 9.17) is 26.5 Å². The third-order valence-corrected chi connectivity index (χ3v) is 4.04. The van der Waals surface area contributed by atoms with Gasteiger partial charge in [0, 0.05) is 24.2 Å². The second-order valence-corrected chi connectivity index (χ2v) is 5.94. The molecule has 0 saturated heterocycles. The second kappa shape index (κ2) is 8.42. The molecule has 0 fully saturated rings. The lowest BCUT2D eigenvalue weighted by molar-refractivity contribution is -0.128. The first-order chi connectivity index (χ1) is 11.1. The Bertz CT molecular complexity index is 760. The van der Waals surface area contributed by atoms with E-state index in [1.165, 1.54) is 16.7 Å². The third-order valence-electron chi connectivity index (χ3n) is 2.99. The number of oxazole rings is 1. The zero-order chi connectivity index (χ0) is 16.7. The number of amides is 1. The minimum atomic E-state index is -0.152. The maximum atomic E-state index is 12.2. The largest absolute Gasteiger partial charge is 0.431 e. The molecule has 2 aromatic rings. The highest BCUT2D eigenvalue weighted by atomic mass is 35.5. The van der Waals surface area contributed by atoms with Gasteiger partial charge in [0.05, 0.1) is 30.7 Å². The molecule has 0 radical (unpaired) electrons. The lowest BCUT2D eigenvalue weighted by Gasteiger charge is -2.19. The summed E-state index contributed by atoms with van der Waals surface area (Å²) in [5.41, 5.74) is 1.24. The van der Waals surface area contributed by atoms with Gasteiger partial charge < -0.3 is 9.32 Å². The summed E-state index contributed by atoms with van der Waals surface area (Å²) in [5, 5.41) is 18.2. The SMILES string of the molecule is N#CCCN(CCC#N)C(=O)CSc1nc2ccc(Cl)cc2o1. The van der Waals surface area contributed by atoms with Gasteiger partial charge in [0.1, 0.15) is 5.52 Å². The highest BCUT2D eigenvalue weighted by Gasteiger charge is 2.15. The molecule has 118 valence electrons. The van der Waals surface area contributed by atoms with Gasteiger partial charge >= 0.3 is 0 Å². The van der Waals surface area contributed by atoms with E-state index < -0.39 is 0 Å². The van der Waals surface area contributed by atoms with E-state index in [2.05, 4.69) is 4.98 Å². The maximum absolute atomic E-state index is 12.2. The predicted molar refractivity (Wildman–Crippen MR) is 86.8 cm³/mol. The molecule has 0 bridgehead atoms. The summed E-state index contributed by atoms with van der Waals surface area (Å²) in [6.45, 7) is 0.640. The maximum Gasteiger partial charge on any atom is 0.257 e. The molecule has 1 heterocycles. The van der Waals surface area contributed by atoms with Crippen molar-refractivity contribution in [2.24, 2.45) is 0 Å². The standard InChI is InChI=1S/C15H13ClN4O2S/c16-11-3-4-12-13(9-11)22-15(19-12)23-10-14(21)20(7-1-5-17)8-2-6-18/h3-4,9H,1-2,7-8,10H2. The normalized spacial score (nSPS) is 10.2. The van der Waals surface area contributed by atoms with Crippen LogP contribution in [0, 0.1) is 22.7 Å². The molecule has 1 aromatic carbocycles. The third kappa shape index (κ3) is 4.88. The predicted octanol–water partition coefficient (Wildman–Crippen LogP) is 3.23. The molecule has 1 amide bonds. The molecular weight excluding hydrogens is 336 g/mol. The monoisotopic (exact) mass is 348 g/mol. The van der Waals surface area contributed by atoms with E-state index in [0.717, 1.165) is 0 Å². The molecular formula is C15H13ClN4O2S. The first kappa shape index (κ1) is 17.1. The number of nitrogens with zero attached hydrogens (tertiary/aromatic N) is 4. The molecule has 1 aromatic heterocycles. The van der Waals surface area contributed by atoms with Crippen LogP contribution in [0.15, 0.2) is 27.8 Å². The number of aromatic nitrogens is 1. The van der Waals surface area contributed by atoms with Gasteiger partial charge in [-0.1, -0.05) is 23.4 Å².